The van der Waals surface area contributed by atoms with Gasteiger partial charge >= 0.3 is 0 Å². The van der Waals surface area contributed by atoms with Crippen molar-refractivity contribution in [2.75, 3.05) is 0 Å². The minimum Gasteiger partial charge on any atom is -0.289 e. The zero-order valence-electron chi connectivity index (χ0n) is 18.1. The summed E-state index contributed by atoms with van der Waals surface area (Å²) in [6.45, 7) is 4.09. The van der Waals surface area contributed by atoms with Crippen LogP contribution < -0.4 is 0 Å². The fraction of sp³-hybridized carbons (Fsp3) is 0.133. The Morgan fingerprint density at radius 1 is 0.469 bits per heavy atom. The highest BCUT2D eigenvalue weighted by Crippen LogP contribution is 2.51. The standard InChI is InChI=1S/C30H22O2/c1-17-12-14-24-25(15-17)28(20-8-4-5-9-22(20)29(24)31)27-19-7-3-6-10-23(19)30(32)26-16-18(2)11-13-21(26)27/h3-16,27-28H,1-2H3. The molecule has 0 aliphatic heterocycles. The van der Waals surface area contributed by atoms with Crippen molar-refractivity contribution in [1.82, 2.24) is 0 Å². The van der Waals surface area contributed by atoms with Gasteiger partial charge in [0.05, 0.1) is 0 Å². The molecule has 0 aromatic heterocycles. The molecule has 32 heavy (non-hydrogen) atoms. The number of carbonyl (C=O) groups is 2. The summed E-state index contributed by atoms with van der Waals surface area (Å²) in [5.41, 5.74) is 9.44. The largest absolute Gasteiger partial charge is 0.289 e. The lowest BCUT2D eigenvalue weighted by atomic mass is 9.64. The predicted octanol–water partition coefficient (Wildman–Crippen LogP) is 6.36. The Morgan fingerprint density at radius 3 is 1.62 bits per heavy atom. The van der Waals surface area contributed by atoms with Gasteiger partial charge in [0, 0.05) is 34.1 Å². The molecule has 6 rings (SSSR count). The van der Waals surface area contributed by atoms with Gasteiger partial charge in [-0.05, 0) is 42.2 Å². The Balaban J connectivity index is 1.71. The van der Waals surface area contributed by atoms with Crippen molar-refractivity contribution in [3.05, 3.63) is 141 Å². The van der Waals surface area contributed by atoms with Crippen LogP contribution in [0.1, 0.15) is 77.1 Å². The molecule has 0 amide bonds. The van der Waals surface area contributed by atoms with Crippen molar-refractivity contribution in [2.24, 2.45) is 0 Å². The van der Waals surface area contributed by atoms with E-state index in [0.717, 1.165) is 55.6 Å². The van der Waals surface area contributed by atoms with Gasteiger partial charge < -0.3 is 0 Å². The number of benzene rings is 4. The molecule has 2 nitrogen and oxygen atoms in total. The van der Waals surface area contributed by atoms with Crippen LogP contribution in [0.2, 0.25) is 0 Å². The summed E-state index contributed by atoms with van der Waals surface area (Å²) >= 11 is 0. The van der Waals surface area contributed by atoms with Gasteiger partial charge in [0.2, 0.25) is 0 Å². The molecule has 0 fully saturated rings. The van der Waals surface area contributed by atoms with Crippen molar-refractivity contribution in [2.45, 2.75) is 25.7 Å². The first-order valence-electron chi connectivity index (χ1n) is 11.0. The maximum Gasteiger partial charge on any atom is 0.193 e. The highest BCUT2D eigenvalue weighted by Gasteiger charge is 2.41. The molecule has 2 unspecified atom stereocenters. The van der Waals surface area contributed by atoms with Crippen LogP contribution in [0.25, 0.3) is 0 Å². The molecule has 4 aromatic rings. The van der Waals surface area contributed by atoms with E-state index < -0.39 is 0 Å². The molecule has 2 heteroatoms. The van der Waals surface area contributed by atoms with E-state index in [1.807, 2.05) is 61.5 Å². The molecule has 0 bridgehead atoms. The van der Waals surface area contributed by atoms with Gasteiger partial charge in [-0.1, -0.05) is 90.0 Å². The normalized spacial score (nSPS) is 18.4. The average Bonchev–Trinajstić information content (AvgIpc) is 2.81. The highest BCUT2D eigenvalue weighted by atomic mass is 16.1. The van der Waals surface area contributed by atoms with Gasteiger partial charge in [-0.25, -0.2) is 0 Å². The first-order chi connectivity index (χ1) is 15.5. The summed E-state index contributed by atoms with van der Waals surface area (Å²) in [6, 6.07) is 28.3. The molecule has 0 saturated heterocycles. The second-order valence-corrected chi connectivity index (χ2v) is 8.97. The molecule has 2 atom stereocenters. The lowest BCUT2D eigenvalue weighted by molar-refractivity contribution is 0.102. The van der Waals surface area contributed by atoms with Gasteiger partial charge in [-0.15, -0.1) is 0 Å². The Labute approximate surface area is 187 Å². The van der Waals surface area contributed by atoms with Crippen LogP contribution >= 0.6 is 0 Å². The van der Waals surface area contributed by atoms with E-state index in [1.165, 1.54) is 0 Å². The Morgan fingerprint density at radius 2 is 0.938 bits per heavy atom. The Kier molecular flexibility index (Phi) is 4.06. The van der Waals surface area contributed by atoms with E-state index in [4.69, 9.17) is 0 Å². The SMILES string of the molecule is Cc1ccc2c(c1)C(=O)c1ccccc1C2C1c2ccccc2C(=O)c2ccc(C)cc21. The van der Waals surface area contributed by atoms with E-state index >= 15 is 0 Å². The topological polar surface area (TPSA) is 34.1 Å². The zero-order valence-corrected chi connectivity index (χ0v) is 18.1. The first-order valence-corrected chi connectivity index (χ1v) is 11.0. The molecule has 0 radical (unpaired) electrons. The van der Waals surface area contributed by atoms with Gasteiger partial charge in [-0.2, -0.15) is 0 Å². The Bertz CT molecular complexity index is 1440. The monoisotopic (exact) mass is 414 g/mol. The number of carbonyl (C=O) groups excluding carboxylic acids is 2. The fourth-order valence-corrected chi connectivity index (χ4v) is 5.58. The van der Waals surface area contributed by atoms with Gasteiger partial charge in [0.1, 0.15) is 0 Å². The third-order valence-electron chi connectivity index (χ3n) is 6.99. The van der Waals surface area contributed by atoms with Crippen LogP contribution in [0.4, 0.5) is 0 Å². The number of fused-ring (bicyclic) bond motifs is 4. The maximum absolute atomic E-state index is 13.4. The summed E-state index contributed by atoms with van der Waals surface area (Å²) in [4.78, 5) is 26.8. The van der Waals surface area contributed by atoms with Crippen molar-refractivity contribution < 1.29 is 9.59 Å². The average molecular weight is 415 g/mol. The molecule has 2 aliphatic carbocycles. The summed E-state index contributed by atoms with van der Waals surface area (Å²) in [6.07, 6.45) is 0. The van der Waals surface area contributed by atoms with Gasteiger partial charge in [0.15, 0.2) is 11.6 Å². The van der Waals surface area contributed by atoms with Crippen molar-refractivity contribution in [3.63, 3.8) is 0 Å². The minimum absolute atomic E-state index is 0.0468. The third kappa shape index (κ3) is 2.59. The number of rotatable bonds is 1. The predicted molar refractivity (Wildman–Crippen MR) is 126 cm³/mol. The number of ketones is 2. The highest BCUT2D eigenvalue weighted by molar-refractivity contribution is 6.14. The van der Waals surface area contributed by atoms with Crippen molar-refractivity contribution >= 4 is 11.6 Å². The molecular weight excluding hydrogens is 392 g/mol. The fourth-order valence-electron chi connectivity index (χ4n) is 5.58. The lowest BCUT2D eigenvalue weighted by Gasteiger charge is -2.38. The van der Waals surface area contributed by atoms with Crippen LogP contribution in [0.3, 0.4) is 0 Å². The smallest absolute Gasteiger partial charge is 0.193 e. The molecule has 2 aliphatic rings. The minimum atomic E-state index is -0.0469. The van der Waals surface area contributed by atoms with E-state index in [2.05, 4.69) is 37.3 Å². The quantitative estimate of drug-likeness (QED) is 0.363. The second kappa shape index (κ2) is 6.86. The molecule has 4 aromatic carbocycles. The van der Waals surface area contributed by atoms with Crippen LogP contribution in [-0.4, -0.2) is 11.6 Å². The molecular formula is C30H22O2. The number of aryl methyl sites for hydroxylation is 2. The van der Waals surface area contributed by atoms with Gasteiger partial charge in [-0.3, -0.25) is 9.59 Å². The van der Waals surface area contributed by atoms with Crippen LogP contribution in [0, 0.1) is 13.8 Å². The third-order valence-corrected chi connectivity index (χ3v) is 6.99. The molecule has 0 N–H and O–H groups in total. The molecule has 0 saturated carbocycles. The molecule has 0 heterocycles. The van der Waals surface area contributed by atoms with E-state index in [-0.39, 0.29) is 23.4 Å². The van der Waals surface area contributed by atoms with Gasteiger partial charge in [0.25, 0.3) is 0 Å². The van der Waals surface area contributed by atoms with Crippen molar-refractivity contribution in [3.8, 4) is 0 Å². The molecule has 154 valence electrons. The van der Waals surface area contributed by atoms with Crippen LogP contribution in [0.5, 0.6) is 0 Å². The van der Waals surface area contributed by atoms with E-state index in [0.29, 0.717) is 0 Å². The summed E-state index contributed by atoms with van der Waals surface area (Å²) in [7, 11) is 0. The molecule has 0 spiro atoms. The summed E-state index contributed by atoms with van der Waals surface area (Å²) in [5.74, 6) is 0.0696. The maximum atomic E-state index is 13.4. The Hall–Kier alpha value is -3.78. The van der Waals surface area contributed by atoms with E-state index in [1.54, 1.807) is 0 Å². The van der Waals surface area contributed by atoms with Crippen LogP contribution in [-0.2, 0) is 0 Å². The van der Waals surface area contributed by atoms with E-state index in [9.17, 15) is 9.59 Å². The van der Waals surface area contributed by atoms with Crippen LogP contribution in [0.15, 0.2) is 84.9 Å². The summed E-state index contributed by atoms with van der Waals surface area (Å²) < 4.78 is 0. The number of hydrogen-bond acceptors (Lipinski definition) is 2. The second-order valence-electron chi connectivity index (χ2n) is 8.97. The first kappa shape index (κ1) is 18.9. The summed E-state index contributed by atoms with van der Waals surface area (Å²) in [5, 5.41) is 0. The lowest BCUT2D eigenvalue weighted by Crippen LogP contribution is -2.29. The van der Waals surface area contributed by atoms with Crippen molar-refractivity contribution in [1.29, 1.82) is 0 Å². The number of hydrogen-bond donors (Lipinski definition) is 0. The zero-order chi connectivity index (χ0) is 22.0.